The number of anilines is 2. The lowest BCUT2D eigenvalue weighted by atomic mass is 9.96. The number of non-ortho nitro benzene ring substituents is 1. The SMILES string of the molecule is COc1cc(N2C(=S)NC(c3ccccn3)C2c2cc(C)n(-c3ccc([N+](=O)[O-])cc3OC)c2C)ccc1NS(C)(=O)=O. The highest BCUT2D eigenvalue weighted by Gasteiger charge is 2.42. The molecule has 0 saturated carbocycles. The summed E-state index contributed by atoms with van der Waals surface area (Å²) in [4.78, 5) is 17.5. The largest absolute Gasteiger partial charge is 0.494 e. The number of sulfonamides is 1. The number of ether oxygens (including phenoxy) is 2. The van der Waals surface area contributed by atoms with Crippen LogP contribution in [0, 0.1) is 24.0 Å². The number of nitrogens with one attached hydrogen (secondary N) is 2. The monoisotopic (exact) mass is 622 g/mol. The number of nitro groups is 1. The molecular weight excluding hydrogens is 592 g/mol. The van der Waals surface area contributed by atoms with Crippen molar-refractivity contribution < 1.29 is 22.8 Å². The Balaban J connectivity index is 1.68. The summed E-state index contributed by atoms with van der Waals surface area (Å²) in [7, 11) is -0.596. The standard InChI is InChI=1S/C29H30N6O6S2/c1-17-14-21(18(2)33(17)24-12-10-20(35(36)37)16-26(24)41-4)28-27(23-8-6-7-13-30-23)31-29(42)34(28)19-9-11-22(25(15-19)40-3)32-43(5,38)39/h6-16,27-28,32H,1-5H3,(H,31,42). The molecule has 5 rings (SSSR count). The fourth-order valence-electron chi connectivity index (χ4n) is 5.49. The number of hydrogen-bond acceptors (Lipinski definition) is 8. The summed E-state index contributed by atoms with van der Waals surface area (Å²) >= 11 is 5.88. The Morgan fingerprint density at radius 3 is 2.42 bits per heavy atom. The third-order valence-corrected chi connectivity index (χ3v) is 8.17. The number of methoxy groups -OCH3 is 2. The van der Waals surface area contributed by atoms with E-state index in [1.165, 1.54) is 26.4 Å². The fraction of sp³-hybridized carbons (Fsp3) is 0.241. The summed E-state index contributed by atoms with van der Waals surface area (Å²) < 4.78 is 39.4. The molecule has 224 valence electrons. The van der Waals surface area contributed by atoms with Gasteiger partial charge in [-0.15, -0.1) is 0 Å². The van der Waals surface area contributed by atoms with Crippen LogP contribution in [0.25, 0.3) is 5.69 Å². The van der Waals surface area contributed by atoms with Gasteiger partial charge in [0.2, 0.25) is 10.0 Å². The van der Waals surface area contributed by atoms with E-state index in [1.807, 2.05) is 41.5 Å². The van der Waals surface area contributed by atoms with Crippen LogP contribution in [-0.4, -0.2) is 48.5 Å². The molecule has 2 atom stereocenters. The molecule has 1 aliphatic heterocycles. The first kappa shape index (κ1) is 29.8. The average molecular weight is 623 g/mol. The number of hydrogen-bond donors (Lipinski definition) is 2. The normalized spacial score (nSPS) is 16.6. The van der Waals surface area contributed by atoms with E-state index in [-0.39, 0.29) is 17.8 Å². The predicted octanol–water partition coefficient (Wildman–Crippen LogP) is 4.96. The zero-order valence-electron chi connectivity index (χ0n) is 24.1. The summed E-state index contributed by atoms with van der Waals surface area (Å²) in [5.41, 5.74) is 5.01. The average Bonchev–Trinajstić information content (AvgIpc) is 3.47. The highest BCUT2D eigenvalue weighted by Crippen LogP contribution is 2.45. The molecule has 1 fully saturated rings. The molecule has 3 heterocycles. The first-order chi connectivity index (χ1) is 20.4. The summed E-state index contributed by atoms with van der Waals surface area (Å²) in [6, 6.07) is 16.7. The van der Waals surface area contributed by atoms with E-state index in [0.29, 0.717) is 33.7 Å². The molecule has 12 nitrogen and oxygen atoms in total. The number of rotatable bonds is 9. The van der Waals surface area contributed by atoms with Gasteiger partial charge >= 0.3 is 0 Å². The number of benzene rings is 2. The summed E-state index contributed by atoms with van der Waals surface area (Å²) in [6.45, 7) is 3.92. The van der Waals surface area contributed by atoms with Crippen LogP contribution < -0.4 is 24.4 Å². The van der Waals surface area contributed by atoms with Crippen molar-refractivity contribution in [2.45, 2.75) is 25.9 Å². The van der Waals surface area contributed by atoms with Crippen LogP contribution in [0.3, 0.4) is 0 Å². The maximum atomic E-state index is 11.9. The highest BCUT2D eigenvalue weighted by atomic mass is 32.2. The Morgan fingerprint density at radius 2 is 1.79 bits per heavy atom. The van der Waals surface area contributed by atoms with Crippen LogP contribution in [0.4, 0.5) is 17.1 Å². The van der Waals surface area contributed by atoms with E-state index in [2.05, 4.69) is 21.1 Å². The predicted molar refractivity (Wildman–Crippen MR) is 168 cm³/mol. The smallest absolute Gasteiger partial charge is 0.273 e. The van der Waals surface area contributed by atoms with Crippen molar-refractivity contribution in [2.24, 2.45) is 0 Å². The van der Waals surface area contributed by atoms with E-state index in [1.54, 1.807) is 30.5 Å². The number of thiocarbonyl (C=S) groups is 1. The maximum absolute atomic E-state index is 11.9. The Bertz CT molecular complexity index is 1830. The van der Waals surface area contributed by atoms with Crippen LogP contribution >= 0.6 is 12.2 Å². The minimum atomic E-state index is -3.54. The van der Waals surface area contributed by atoms with Gasteiger partial charge in [-0.05, 0) is 68.0 Å². The maximum Gasteiger partial charge on any atom is 0.273 e. The molecule has 0 amide bonds. The van der Waals surface area contributed by atoms with Crippen molar-refractivity contribution in [3.63, 3.8) is 0 Å². The van der Waals surface area contributed by atoms with Crippen molar-refractivity contribution in [2.75, 3.05) is 30.1 Å². The van der Waals surface area contributed by atoms with Crippen molar-refractivity contribution in [3.05, 3.63) is 99.6 Å². The molecular formula is C29H30N6O6S2. The first-order valence-electron chi connectivity index (χ1n) is 13.1. The second-order valence-corrected chi connectivity index (χ2v) is 12.2. The van der Waals surface area contributed by atoms with Crippen LogP contribution in [0.15, 0.2) is 66.9 Å². The Labute approximate surface area is 254 Å². The molecule has 43 heavy (non-hydrogen) atoms. The van der Waals surface area contributed by atoms with Crippen LogP contribution in [-0.2, 0) is 10.0 Å². The van der Waals surface area contributed by atoms with Gasteiger partial charge in [-0.25, -0.2) is 8.42 Å². The lowest BCUT2D eigenvalue weighted by Crippen LogP contribution is -2.29. The molecule has 0 radical (unpaired) electrons. The molecule has 0 bridgehead atoms. The topological polar surface area (TPSA) is 141 Å². The van der Waals surface area contributed by atoms with E-state index in [0.717, 1.165) is 28.9 Å². The van der Waals surface area contributed by atoms with Gasteiger partial charge in [-0.3, -0.25) is 19.8 Å². The summed E-state index contributed by atoms with van der Waals surface area (Å²) in [5.74, 6) is 0.686. The lowest BCUT2D eigenvalue weighted by Gasteiger charge is -2.29. The van der Waals surface area contributed by atoms with Crippen LogP contribution in [0.1, 0.15) is 34.7 Å². The Morgan fingerprint density at radius 1 is 1.05 bits per heavy atom. The molecule has 2 unspecified atom stereocenters. The lowest BCUT2D eigenvalue weighted by molar-refractivity contribution is -0.384. The number of aromatic nitrogens is 2. The van der Waals surface area contributed by atoms with Crippen LogP contribution in [0.2, 0.25) is 0 Å². The Hall–Kier alpha value is -4.69. The molecule has 0 spiro atoms. The molecule has 4 aromatic rings. The molecule has 1 saturated heterocycles. The quantitative estimate of drug-likeness (QED) is 0.149. The van der Waals surface area contributed by atoms with Gasteiger partial charge in [-0.1, -0.05) is 6.07 Å². The van der Waals surface area contributed by atoms with Gasteiger partial charge < -0.3 is 24.3 Å². The van der Waals surface area contributed by atoms with E-state index in [9.17, 15) is 18.5 Å². The third kappa shape index (κ3) is 5.70. The molecule has 1 aliphatic rings. The van der Waals surface area contributed by atoms with Gasteiger partial charge in [0, 0.05) is 35.4 Å². The van der Waals surface area contributed by atoms with Crippen molar-refractivity contribution in [3.8, 4) is 17.2 Å². The second-order valence-electron chi connectivity index (χ2n) is 10.0. The number of nitrogens with zero attached hydrogens (tertiary/aromatic N) is 4. The van der Waals surface area contributed by atoms with E-state index in [4.69, 9.17) is 21.7 Å². The van der Waals surface area contributed by atoms with Gasteiger partial charge in [0.05, 0.1) is 60.6 Å². The Kier molecular flexibility index (Phi) is 7.99. The summed E-state index contributed by atoms with van der Waals surface area (Å²) in [6.07, 6.45) is 2.79. The number of nitro benzene ring substituents is 1. The van der Waals surface area contributed by atoms with Gasteiger partial charge in [0.1, 0.15) is 11.5 Å². The van der Waals surface area contributed by atoms with Crippen molar-refractivity contribution in [1.29, 1.82) is 0 Å². The van der Waals surface area contributed by atoms with Gasteiger partial charge in [0.15, 0.2) is 5.11 Å². The third-order valence-electron chi connectivity index (χ3n) is 7.26. The number of pyridine rings is 1. The zero-order valence-corrected chi connectivity index (χ0v) is 25.7. The highest BCUT2D eigenvalue weighted by molar-refractivity contribution is 7.92. The van der Waals surface area contributed by atoms with Gasteiger partial charge in [0.25, 0.3) is 5.69 Å². The first-order valence-corrected chi connectivity index (χ1v) is 15.4. The van der Waals surface area contributed by atoms with Crippen LogP contribution in [0.5, 0.6) is 11.5 Å². The molecule has 2 aromatic heterocycles. The zero-order chi connectivity index (χ0) is 31.1. The van der Waals surface area contributed by atoms with Crippen molar-refractivity contribution in [1.82, 2.24) is 14.9 Å². The minimum Gasteiger partial charge on any atom is -0.494 e. The molecule has 2 N–H and O–H groups in total. The number of aryl methyl sites for hydroxylation is 1. The molecule has 2 aromatic carbocycles. The van der Waals surface area contributed by atoms with E-state index < -0.39 is 14.9 Å². The molecule has 0 aliphatic carbocycles. The minimum absolute atomic E-state index is 0.0715. The fourth-order valence-corrected chi connectivity index (χ4v) is 6.40. The van der Waals surface area contributed by atoms with E-state index >= 15 is 0 Å². The molecule has 14 heteroatoms. The second kappa shape index (κ2) is 11.5. The summed E-state index contributed by atoms with van der Waals surface area (Å²) in [5, 5.41) is 15.3. The van der Waals surface area contributed by atoms with Gasteiger partial charge in [-0.2, -0.15) is 0 Å². The van der Waals surface area contributed by atoms with Crippen molar-refractivity contribution >= 4 is 44.4 Å².